The first-order chi connectivity index (χ1) is 12.3. The molecule has 0 spiro atoms. The highest BCUT2D eigenvalue weighted by atomic mass is 79.9. The summed E-state index contributed by atoms with van der Waals surface area (Å²) in [6.45, 7) is 2.18. The zero-order chi connectivity index (χ0) is 19.3. The normalized spacial score (nSPS) is 10.3. The van der Waals surface area contributed by atoms with E-state index in [2.05, 4.69) is 30.9 Å². The molecule has 2 N–H and O–H groups in total. The molecule has 2 aromatic rings. The monoisotopic (exact) mass is 425 g/mol. The lowest BCUT2D eigenvalue weighted by Crippen LogP contribution is -2.17. The molecule has 0 atom stereocenters. The first kappa shape index (κ1) is 19.7. The van der Waals surface area contributed by atoms with Crippen molar-refractivity contribution < 1.29 is 19.0 Å². The van der Waals surface area contributed by atoms with Gasteiger partial charge in [0.15, 0.2) is 23.9 Å². The molecule has 0 saturated heterocycles. The Bertz CT molecular complexity index is 800. The zero-order valence-electron chi connectivity index (χ0n) is 14.9. The predicted octanol–water partition coefficient (Wildman–Crippen LogP) is 2.05. The van der Waals surface area contributed by atoms with Gasteiger partial charge in [0.1, 0.15) is 0 Å². The van der Waals surface area contributed by atoms with Crippen LogP contribution in [0.3, 0.4) is 0 Å². The third-order valence-corrected chi connectivity index (χ3v) is 3.76. The van der Waals surface area contributed by atoms with E-state index in [4.69, 9.17) is 19.9 Å². The number of anilines is 2. The fourth-order valence-corrected chi connectivity index (χ4v) is 2.58. The number of hydrogen-bond acceptors (Lipinski definition) is 9. The summed E-state index contributed by atoms with van der Waals surface area (Å²) in [7, 11) is 5.04. The third-order valence-electron chi connectivity index (χ3n) is 3.17. The number of benzene rings is 1. The number of esters is 1. The van der Waals surface area contributed by atoms with Crippen LogP contribution in [0.5, 0.6) is 11.5 Å². The molecule has 26 heavy (non-hydrogen) atoms. The Morgan fingerprint density at radius 3 is 2.62 bits per heavy atom. The highest BCUT2D eigenvalue weighted by molar-refractivity contribution is 9.10. The largest absolute Gasteiger partial charge is 0.493 e. The third kappa shape index (κ3) is 4.72. The Morgan fingerprint density at radius 2 is 2.00 bits per heavy atom. The number of nitrogens with two attached hydrogens (primary N) is 1. The Balaban J connectivity index is 2.17. The van der Waals surface area contributed by atoms with Gasteiger partial charge in [0.25, 0.3) is 0 Å². The van der Waals surface area contributed by atoms with Crippen molar-refractivity contribution in [3.8, 4) is 11.5 Å². The van der Waals surface area contributed by atoms with Crippen LogP contribution >= 0.6 is 15.9 Å². The maximum atomic E-state index is 12.4. The summed E-state index contributed by atoms with van der Waals surface area (Å²) < 4.78 is 16.6. The van der Waals surface area contributed by atoms with Gasteiger partial charge in [0, 0.05) is 14.1 Å². The molecule has 1 aromatic carbocycles. The molecule has 0 saturated carbocycles. The van der Waals surface area contributed by atoms with Crippen molar-refractivity contribution in [1.82, 2.24) is 15.0 Å². The van der Waals surface area contributed by atoms with Crippen molar-refractivity contribution in [2.24, 2.45) is 0 Å². The van der Waals surface area contributed by atoms with Crippen molar-refractivity contribution in [2.45, 2.75) is 13.5 Å². The summed E-state index contributed by atoms with van der Waals surface area (Å²) in [4.78, 5) is 26.2. The number of halogens is 1. The van der Waals surface area contributed by atoms with E-state index < -0.39 is 5.97 Å². The highest BCUT2D eigenvalue weighted by Crippen LogP contribution is 2.36. The topological polar surface area (TPSA) is 113 Å². The second kappa shape index (κ2) is 8.65. The molecule has 0 fully saturated rings. The Morgan fingerprint density at radius 1 is 1.27 bits per heavy atom. The van der Waals surface area contributed by atoms with E-state index in [1.54, 1.807) is 31.1 Å². The van der Waals surface area contributed by atoms with Gasteiger partial charge in [-0.1, -0.05) is 0 Å². The fraction of sp³-hybridized carbons (Fsp3) is 0.375. The number of hydrogen-bond donors (Lipinski definition) is 1. The van der Waals surface area contributed by atoms with Crippen LogP contribution in [-0.4, -0.2) is 48.7 Å². The minimum absolute atomic E-state index is 0.0558. The maximum absolute atomic E-state index is 12.4. The van der Waals surface area contributed by atoms with E-state index in [1.165, 1.54) is 7.11 Å². The van der Waals surface area contributed by atoms with E-state index in [9.17, 15) is 4.79 Å². The fourth-order valence-electron chi connectivity index (χ4n) is 2.03. The van der Waals surface area contributed by atoms with Crippen LogP contribution in [0.1, 0.15) is 23.1 Å². The van der Waals surface area contributed by atoms with Crippen LogP contribution in [0, 0.1) is 0 Å². The van der Waals surface area contributed by atoms with Crippen molar-refractivity contribution >= 4 is 33.8 Å². The number of nitrogen functional groups attached to an aromatic ring is 1. The first-order valence-corrected chi connectivity index (χ1v) is 8.50. The average molecular weight is 426 g/mol. The molecule has 2 rings (SSSR count). The minimum Gasteiger partial charge on any atom is -0.493 e. The van der Waals surface area contributed by atoms with E-state index >= 15 is 0 Å². The lowest BCUT2D eigenvalue weighted by atomic mass is 10.2. The van der Waals surface area contributed by atoms with Gasteiger partial charge in [-0.15, -0.1) is 0 Å². The first-order valence-electron chi connectivity index (χ1n) is 7.70. The van der Waals surface area contributed by atoms with Gasteiger partial charge in [-0.05, 0) is 35.0 Å². The number of nitrogens with zero attached hydrogens (tertiary/aromatic N) is 4. The molecular formula is C16H20BrN5O4. The number of methoxy groups -OCH3 is 1. The van der Waals surface area contributed by atoms with Crippen LogP contribution in [-0.2, 0) is 11.3 Å². The predicted molar refractivity (Wildman–Crippen MR) is 99.5 cm³/mol. The van der Waals surface area contributed by atoms with Crippen LogP contribution in [0.25, 0.3) is 0 Å². The molecule has 1 heterocycles. The van der Waals surface area contributed by atoms with Gasteiger partial charge in [0.05, 0.1) is 23.8 Å². The van der Waals surface area contributed by atoms with Crippen molar-refractivity contribution in [3.63, 3.8) is 0 Å². The van der Waals surface area contributed by atoms with Gasteiger partial charge >= 0.3 is 5.97 Å². The second-order valence-electron chi connectivity index (χ2n) is 5.30. The smallest absolute Gasteiger partial charge is 0.338 e. The molecule has 140 valence electrons. The molecule has 0 radical (unpaired) electrons. The number of ether oxygens (including phenoxy) is 3. The molecule has 0 aliphatic rings. The van der Waals surface area contributed by atoms with Crippen LogP contribution in [0.15, 0.2) is 16.6 Å². The van der Waals surface area contributed by atoms with E-state index in [0.717, 1.165) is 0 Å². The lowest BCUT2D eigenvalue weighted by Gasteiger charge is -2.13. The molecular weight excluding hydrogens is 406 g/mol. The lowest BCUT2D eigenvalue weighted by molar-refractivity contribution is 0.0461. The summed E-state index contributed by atoms with van der Waals surface area (Å²) in [6.07, 6.45) is 0. The maximum Gasteiger partial charge on any atom is 0.338 e. The Kier molecular flexibility index (Phi) is 6.56. The molecule has 0 amide bonds. The molecule has 1 aromatic heterocycles. The number of carbonyl (C=O) groups is 1. The van der Waals surface area contributed by atoms with E-state index in [1.807, 2.05) is 6.92 Å². The number of aromatic nitrogens is 3. The zero-order valence-corrected chi connectivity index (χ0v) is 16.5. The van der Waals surface area contributed by atoms with E-state index in [0.29, 0.717) is 34.1 Å². The van der Waals surface area contributed by atoms with Gasteiger partial charge in [0.2, 0.25) is 11.9 Å². The average Bonchev–Trinajstić information content (AvgIpc) is 2.60. The SMILES string of the molecule is CCOc1c(Br)cc(C(=O)OCc2nc(N)nc(N(C)C)n2)cc1OC. The summed E-state index contributed by atoms with van der Waals surface area (Å²) in [5, 5.41) is 0. The molecule has 10 heteroatoms. The highest BCUT2D eigenvalue weighted by Gasteiger charge is 2.17. The minimum atomic E-state index is -0.558. The number of rotatable bonds is 7. The van der Waals surface area contributed by atoms with Gasteiger partial charge in [-0.25, -0.2) is 4.79 Å². The second-order valence-corrected chi connectivity index (χ2v) is 6.16. The van der Waals surface area contributed by atoms with Gasteiger partial charge < -0.3 is 24.8 Å². The molecule has 9 nitrogen and oxygen atoms in total. The molecule has 0 bridgehead atoms. The van der Waals surface area contributed by atoms with Crippen LogP contribution in [0.4, 0.5) is 11.9 Å². The van der Waals surface area contributed by atoms with Crippen molar-refractivity contribution in [3.05, 3.63) is 28.0 Å². The standard InChI is InChI=1S/C16H20BrN5O4/c1-5-25-13-10(17)6-9(7-11(13)24-4)14(23)26-8-12-19-15(18)21-16(20-12)22(2)3/h6-7H,5,8H2,1-4H3,(H2,18,19,20,21). The van der Waals surface area contributed by atoms with Crippen LogP contribution < -0.4 is 20.1 Å². The van der Waals surface area contributed by atoms with Gasteiger partial charge in [-0.3, -0.25) is 0 Å². The summed E-state index contributed by atoms with van der Waals surface area (Å²) in [5.74, 6) is 1.08. The molecule has 0 aliphatic heterocycles. The van der Waals surface area contributed by atoms with Crippen LogP contribution in [0.2, 0.25) is 0 Å². The summed E-state index contributed by atoms with van der Waals surface area (Å²) in [5.41, 5.74) is 5.95. The van der Waals surface area contributed by atoms with E-state index in [-0.39, 0.29) is 18.4 Å². The van der Waals surface area contributed by atoms with Crippen molar-refractivity contribution in [1.29, 1.82) is 0 Å². The number of carbonyl (C=O) groups excluding carboxylic acids is 1. The quantitative estimate of drug-likeness (QED) is 0.665. The molecule has 0 unspecified atom stereocenters. The Labute approximate surface area is 159 Å². The Hall–Kier alpha value is -2.62. The van der Waals surface area contributed by atoms with Gasteiger partial charge in [-0.2, -0.15) is 15.0 Å². The molecule has 0 aliphatic carbocycles. The summed E-state index contributed by atoms with van der Waals surface area (Å²) in [6, 6.07) is 3.15. The van der Waals surface area contributed by atoms with Crippen molar-refractivity contribution in [2.75, 3.05) is 38.4 Å². The summed E-state index contributed by atoms with van der Waals surface area (Å²) >= 11 is 3.37.